The number of benzene rings is 1. The topological polar surface area (TPSA) is 53.7 Å². The molecule has 0 spiro atoms. The molecule has 0 radical (unpaired) electrons. The van der Waals surface area contributed by atoms with Gasteiger partial charge in [-0.15, -0.1) is 0 Å². The molecule has 1 aromatic heterocycles. The molecule has 1 heterocycles. The van der Waals surface area contributed by atoms with E-state index in [1.165, 1.54) is 0 Å². The molecule has 0 aliphatic rings. The van der Waals surface area contributed by atoms with Crippen LogP contribution in [-0.4, -0.2) is 17.6 Å². The van der Waals surface area contributed by atoms with Gasteiger partial charge in [0.2, 0.25) is 0 Å². The van der Waals surface area contributed by atoms with Gasteiger partial charge in [0.05, 0.1) is 18.7 Å². The summed E-state index contributed by atoms with van der Waals surface area (Å²) < 4.78 is 5.42. The number of aliphatic carboxylic acids is 1. The van der Waals surface area contributed by atoms with Crippen molar-refractivity contribution in [3.05, 3.63) is 54.5 Å². The molecule has 0 saturated heterocycles. The Hall–Kier alpha value is -2.23. The fourth-order valence-electron chi connectivity index (χ4n) is 2.06. The predicted molar refractivity (Wildman–Crippen MR) is 73.2 cm³/mol. The van der Waals surface area contributed by atoms with Crippen LogP contribution in [0.1, 0.15) is 25.1 Å². The zero-order valence-electron chi connectivity index (χ0n) is 10.8. The van der Waals surface area contributed by atoms with Crippen molar-refractivity contribution >= 4 is 11.7 Å². The average Bonchev–Trinajstić information content (AvgIpc) is 2.93. The Morgan fingerprint density at radius 2 is 2.00 bits per heavy atom. The molecule has 19 heavy (non-hydrogen) atoms. The van der Waals surface area contributed by atoms with Gasteiger partial charge in [-0.05, 0) is 31.2 Å². The average molecular weight is 259 g/mol. The molecule has 0 bridgehead atoms. The molecule has 0 amide bonds. The highest BCUT2D eigenvalue weighted by molar-refractivity contribution is 5.67. The van der Waals surface area contributed by atoms with E-state index >= 15 is 0 Å². The van der Waals surface area contributed by atoms with Crippen molar-refractivity contribution in [1.82, 2.24) is 0 Å². The third-order valence-electron chi connectivity index (χ3n) is 3.08. The Morgan fingerprint density at radius 1 is 1.26 bits per heavy atom. The number of rotatable bonds is 6. The maximum atomic E-state index is 10.8. The number of anilines is 1. The summed E-state index contributed by atoms with van der Waals surface area (Å²) in [6.45, 7) is 2.45. The van der Waals surface area contributed by atoms with Crippen LogP contribution < -0.4 is 4.90 Å². The van der Waals surface area contributed by atoms with E-state index in [1.807, 2.05) is 54.3 Å². The summed E-state index contributed by atoms with van der Waals surface area (Å²) in [5.41, 5.74) is 0.993. The molecule has 4 heteroatoms. The van der Waals surface area contributed by atoms with Gasteiger partial charge in [-0.1, -0.05) is 18.2 Å². The van der Waals surface area contributed by atoms with Gasteiger partial charge < -0.3 is 14.4 Å². The van der Waals surface area contributed by atoms with E-state index in [0.29, 0.717) is 6.54 Å². The first-order valence-electron chi connectivity index (χ1n) is 6.25. The van der Waals surface area contributed by atoms with Crippen molar-refractivity contribution in [2.24, 2.45) is 0 Å². The number of carbonyl (C=O) groups is 1. The molecule has 1 unspecified atom stereocenters. The predicted octanol–water partition coefficient (Wildman–Crippen LogP) is 3.32. The molecule has 0 fully saturated rings. The van der Waals surface area contributed by atoms with E-state index in [-0.39, 0.29) is 12.5 Å². The molecule has 0 aliphatic carbocycles. The first-order valence-corrected chi connectivity index (χ1v) is 6.25. The third-order valence-corrected chi connectivity index (χ3v) is 3.08. The summed E-state index contributed by atoms with van der Waals surface area (Å²) in [4.78, 5) is 12.8. The quantitative estimate of drug-likeness (QED) is 0.864. The van der Waals surface area contributed by atoms with E-state index in [4.69, 9.17) is 9.52 Å². The smallest absolute Gasteiger partial charge is 0.305 e. The normalized spacial score (nSPS) is 12.1. The van der Waals surface area contributed by atoms with Crippen LogP contribution in [0.5, 0.6) is 0 Å². The lowest BCUT2D eigenvalue weighted by molar-refractivity contribution is -0.136. The molecule has 4 nitrogen and oxygen atoms in total. The van der Waals surface area contributed by atoms with Gasteiger partial charge in [-0.2, -0.15) is 0 Å². The Balaban J connectivity index is 2.21. The van der Waals surface area contributed by atoms with Crippen LogP contribution in [0.4, 0.5) is 5.69 Å². The number of hydrogen-bond acceptors (Lipinski definition) is 3. The molecule has 0 saturated carbocycles. The summed E-state index contributed by atoms with van der Waals surface area (Å²) in [6.07, 6.45) is 1.73. The second-order valence-electron chi connectivity index (χ2n) is 4.36. The minimum Gasteiger partial charge on any atom is -0.481 e. The number of para-hydroxylation sites is 1. The number of nitrogens with zero attached hydrogens (tertiary/aromatic N) is 1. The first kappa shape index (κ1) is 13.2. The molecule has 2 rings (SSSR count). The molecule has 100 valence electrons. The van der Waals surface area contributed by atoms with Gasteiger partial charge in [0.1, 0.15) is 5.76 Å². The lowest BCUT2D eigenvalue weighted by Gasteiger charge is -2.29. The maximum Gasteiger partial charge on any atom is 0.305 e. The zero-order chi connectivity index (χ0) is 13.7. The monoisotopic (exact) mass is 259 g/mol. The van der Waals surface area contributed by atoms with Crippen LogP contribution in [0.2, 0.25) is 0 Å². The van der Waals surface area contributed by atoms with Crippen molar-refractivity contribution in [3.63, 3.8) is 0 Å². The highest BCUT2D eigenvalue weighted by Gasteiger charge is 2.19. The Kier molecular flexibility index (Phi) is 4.23. The second kappa shape index (κ2) is 6.09. The first-order chi connectivity index (χ1) is 9.18. The third kappa shape index (κ3) is 3.37. The summed E-state index contributed by atoms with van der Waals surface area (Å²) in [6, 6.07) is 13.5. The van der Waals surface area contributed by atoms with Gasteiger partial charge in [0.15, 0.2) is 0 Å². The van der Waals surface area contributed by atoms with Crippen LogP contribution in [0.3, 0.4) is 0 Å². The molecule has 1 atom stereocenters. The lowest BCUT2D eigenvalue weighted by Crippen LogP contribution is -2.29. The van der Waals surface area contributed by atoms with Gasteiger partial charge in [-0.25, -0.2) is 0 Å². The molecule has 1 N–H and O–H groups in total. The largest absolute Gasteiger partial charge is 0.481 e. The number of carboxylic acid groups (broad SMARTS) is 1. The zero-order valence-corrected chi connectivity index (χ0v) is 10.8. The summed E-state index contributed by atoms with van der Waals surface area (Å²) >= 11 is 0. The second-order valence-corrected chi connectivity index (χ2v) is 4.36. The maximum absolute atomic E-state index is 10.8. The van der Waals surface area contributed by atoms with Gasteiger partial charge in [0.25, 0.3) is 0 Å². The van der Waals surface area contributed by atoms with Gasteiger partial charge in [-0.3, -0.25) is 4.79 Å². The van der Waals surface area contributed by atoms with E-state index in [9.17, 15) is 4.79 Å². The van der Waals surface area contributed by atoms with E-state index in [0.717, 1.165) is 11.4 Å². The summed E-state index contributed by atoms with van der Waals surface area (Å²) in [5.74, 6) is 0.0295. The van der Waals surface area contributed by atoms with Crippen molar-refractivity contribution in [2.75, 3.05) is 11.4 Å². The van der Waals surface area contributed by atoms with E-state index in [2.05, 4.69) is 0 Å². The van der Waals surface area contributed by atoms with Crippen LogP contribution in [0.15, 0.2) is 53.1 Å². The Labute approximate surface area is 112 Å². The fourth-order valence-corrected chi connectivity index (χ4v) is 2.06. The SMILES string of the molecule is CC(c1ccco1)N(CCC(=O)O)c1ccccc1. The Bertz CT molecular complexity index is 507. The summed E-state index contributed by atoms with van der Waals surface area (Å²) in [5, 5.41) is 8.87. The van der Waals surface area contributed by atoms with E-state index < -0.39 is 5.97 Å². The molecule has 2 aromatic rings. The van der Waals surface area contributed by atoms with Gasteiger partial charge in [0, 0.05) is 12.2 Å². The Morgan fingerprint density at radius 3 is 2.58 bits per heavy atom. The number of hydrogen-bond donors (Lipinski definition) is 1. The standard InChI is InChI=1S/C15H17NO3/c1-12(14-8-5-11-19-14)16(10-9-15(17)18)13-6-3-2-4-7-13/h2-8,11-12H,9-10H2,1H3,(H,17,18). The van der Waals surface area contributed by atoms with Crippen molar-refractivity contribution in [1.29, 1.82) is 0 Å². The van der Waals surface area contributed by atoms with E-state index in [1.54, 1.807) is 6.26 Å². The van der Waals surface area contributed by atoms with Crippen LogP contribution >= 0.6 is 0 Å². The summed E-state index contributed by atoms with van der Waals surface area (Å²) in [7, 11) is 0. The molecule has 1 aromatic carbocycles. The van der Waals surface area contributed by atoms with Crippen molar-refractivity contribution < 1.29 is 14.3 Å². The van der Waals surface area contributed by atoms with Crippen LogP contribution in [0, 0.1) is 0 Å². The molecular weight excluding hydrogens is 242 g/mol. The molecule has 0 aliphatic heterocycles. The minimum atomic E-state index is -0.799. The molecular formula is C15H17NO3. The number of furan rings is 1. The van der Waals surface area contributed by atoms with Gasteiger partial charge >= 0.3 is 5.97 Å². The van der Waals surface area contributed by atoms with Crippen molar-refractivity contribution in [3.8, 4) is 0 Å². The fraction of sp³-hybridized carbons (Fsp3) is 0.267. The van der Waals surface area contributed by atoms with Crippen LogP contribution in [0.25, 0.3) is 0 Å². The minimum absolute atomic E-state index is 0.00301. The van der Waals surface area contributed by atoms with Crippen molar-refractivity contribution in [2.45, 2.75) is 19.4 Å². The highest BCUT2D eigenvalue weighted by atomic mass is 16.4. The van der Waals surface area contributed by atoms with Crippen LogP contribution in [-0.2, 0) is 4.79 Å². The number of carboxylic acids is 1. The highest BCUT2D eigenvalue weighted by Crippen LogP contribution is 2.27. The lowest BCUT2D eigenvalue weighted by atomic mass is 10.1.